The fraction of sp³-hybridized carbons (Fsp3) is 0.350. The number of carbonyl (C=O) groups is 2. The summed E-state index contributed by atoms with van der Waals surface area (Å²) >= 11 is 3.11. The SMILES string of the molecule is Cc1cc(C(=O)COC(=O)Cc2csc(-c3ccsc3)n2)c(C)n1C(C)C. The molecule has 27 heavy (non-hydrogen) atoms. The zero-order valence-electron chi connectivity index (χ0n) is 15.8. The molecular weight excluding hydrogens is 380 g/mol. The average molecular weight is 403 g/mol. The summed E-state index contributed by atoms with van der Waals surface area (Å²) in [4.78, 5) is 29.0. The van der Waals surface area contributed by atoms with E-state index in [0.29, 0.717) is 11.3 Å². The first kappa shape index (κ1) is 19.5. The van der Waals surface area contributed by atoms with Crippen LogP contribution in [0.15, 0.2) is 28.3 Å². The third-order valence-electron chi connectivity index (χ3n) is 4.31. The van der Waals surface area contributed by atoms with E-state index in [4.69, 9.17) is 4.74 Å². The van der Waals surface area contributed by atoms with Gasteiger partial charge < -0.3 is 9.30 Å². The van der Waals surface area contributed by atoms with E-state index >= 15 is 0 Å². The van der Waals surface area contributed by atoms with Gasteiger partial charge in [0.15, 0.2) is 6.61 Å². The Bertz CT molecular complexity index is 952. The molecule has 3 rings (SSSR count). The second-order valence-electron chi connectivity index (χ2n) is 6.67. The topological polar surface area (TPSA) is 61.2 Å². The lowest BCUT2D eigenvalue weighted by molar-refractivity contribution is -0.141. The average Bonchev–Trinajstić information content (AvgIpc) is 3.32. The third kappa shape index (κ3) is 4.36. The number of Topliss-reactive ketones (excluding diaryl/α,β-unsaturated/α-hetero) is 1. The van der Waals surface area contributed by atoms with Gasteiger partial charge in [-0.2, -0.15) is 11.3 Å². The number of ether oxygens (including phenoxy) is 1. The van der Waals surface area contributed by atoms with E-state index < -0.39 is 5.97 Å². The fourth-order valence-corrected chi connectivity index (χ4v) is 4.72. The molecule has 0 fully saturated rings. The standard InChI is InChI=1S/C20H22N2O3S2/c1-12(2)22-13(3)7-17(14(22)4)18(23)9-25-19(24)8-16-11-27-20(21-16)15-5-6-26-10-15/h5-7,10-12H,8-9H2,1-4H3. The van der Waals surface area contributed by atoms with E-state index in [9.17, 15) is 9.59 Å². The molecule has 0 unspecified atom stereocenters. The van der Waals surface area contributed by atoms with Crippen LogP contribution in [-0.2, 0) is 16.0 Å². The van der Waals surface area contributed by atoms with Crippen molar-refractivity contribution in [3.63, 3.8) is 0 Å². The van der Waals surface area contributed by atoms with Crippen molar-refractivity contribution in [1.29, 1.82) is 0 Å². The highest BCUT2D eigenvalue weighted by Crippen LogP contribution is 2.26. The van der Waals surface area contributed by atoms with Gasteiger partial charge in [0.2, 0.25) is 5.78 Å². The van der Waals surface area contributed by atoms with Gasteiger partial charge in [0.1, 0.15) is 5.01 Å². The van der Waals surface area contributed by atoms with Crippen LogP contribution in [0.2, 0.25) is 0 Å². The highest BCUT2D eigenvalue weighted by molar-refractivity contribution is 7.14. The number of hydrogen-bond donors (Lipinski definition) is 0. The maximum absolute atomic E-state index is 12.5. The molecule has 0 spiro atoms. The molecule has 0 aromatic carbocycles. The van der Waals surface area contributed by atoms with E-state index in [1.807, 2.05) is 42.1 Å². The molecule has 0 N–H and O–H groups in total. The Balaban J connectivity index is 1.58. The smallest absolute Gasteiger partial charge is 0.312 e. The first-order chi connectivity index (χ1) is 12.9. The number of esters is 1. The Morgan fingerprint density at radius 2 is 2.04 bits per heavy atom. The summed E-state index contributed by atoms with van der Waals surface area (Å²) in [6.07, 6.45) is 0.0684. The molecule has 0 radical (unpaired) electrons. The van der Waals surface area contributed by atoms with E-state index in [1.54, 1.807) is 11.3 Å². The summed E-state index contributed by atoms with van der Waals surface area (Å²) in [6.45, 7) is 7.80. The molecular formula is C20H22N2O3S2. The number of ketones is 1. The molecule has 3 aromatic rings. The normalized spacial score (nSPS) is 11.1. The first-order valence-corrected chi connectivity index (χ1v) is 10.5. The van der Waals surface area contributed by atoms with Crippen molar-refractivity contribution < 1.29 is 14.3 Å². The fourth-order valence-electron chi connectivity index (χ4n) is 3.18. The van der Waals surface area contributed by atoms with Crippen LogP contribution in [0.5, 0.6) is 0 Å². The van der Waals surface area contributed by atoms with Crippen molar-refractivity contribution in [2.75, 3.05) is 6.61 Å². The maximum Gasteiger partial charge on any atom is 0.312 e. The number of thiazole rings is 1. The lowest BCUT2D eigenvalue weighted by atomic mass is 10.1. The summed E-state index contributed by atoms with van der Waals surface area (Å²) in [5.41, 5.74) is 4.27. The molecule has 142 valence electrons. The molecule has 0 aliphatic rings. The molecule has 5 nitrogen and oxygen atoms in total. The van der Waals surface area contributed by atoms with Gasteiger partial charge in [-0.05, 0) is 45.2 Å². The van der Waals surface area contributed by atoms with Crippen LogP contribution >= 0.6 is 22.7 Å². The third-order valence-corrected chi connectivity index (χ3v) is 5.93. The summed E-state index contributed by atoms with van der Waals surface area (Å²) in [7, 11) is 0. The van der Waals surface area contributed by atoms with Crippen LogP contribution in [0.1, 0.15) is 47.3 Å². The summed E-state index contributed by atoms with van der Waals surface area (Å²) in [5, 5.41) is 6.75. The molecule has 3 aromatic heterocycles. The Morgan fingerprint density at radius 1 is 1.26 bits per heavy atom. The Kier molecular flexibility index (Phi) is 5.92. The van der Waals surface area contributed by atoms with Crippen molar-refractivity contribution in [1.82, 2.24) is 9.55 Å². The molecule has 0 bridgehead atoms. The molecule has 0 amide bonds. The van der Waals surface area contributed by atoms with Crippen molar-refractivity contribution in [2.24, 2.45) is 0 Å². The van der Waals surface area contributed by atoms with Crippen LogP contribution in [-0.4, -0.2) is 27.9 Å². The van der Waals surface area contributed by atoms with E-state index in [-0.39, 0.29) is 24.9 Å². The number of hydrogen-bond acceptors (Lipinski definition) is 6. The highest BCUT2D eigenvalue weighted by atomic mass is 32.1. The van der Waals surface area contributed by atoms with Crippen molar-refractivity contribution in [3.05, 3.63) is 50.9 Å². The van der Waals surface area contributed by atoms with Gasteiger partial charge >= 0.3 is 5.97 Å². The predicted octanol–water partition coefficient (Wildman–Crippen LogP) is 4.84. The molecule has 0 saturated heterocycles. The Labute approximate surface area is 166 Å². The Hall–Kier alpha value is -2.25. The van der Waals surface area contributed by atoms with Gasteiger partial charge in [0.05, 0.1) is 12.1 Å². The summed E-state index contributed by atoms with van der Waals surface area (Å²) in [6, 6.07) is 4.13. The van der Waals surface area contributed by atoms with Crippen molar-refractivity contribution in [3.8, 4) is 10.6 Å². The zero-order valence-corrected chi connectivity index (χ0v) is 17.4. The first-order valence-electron chi connectivity index (χ1n) is 8.71. The highest BCUT2D eigenvalue weighted by Gasteiger charge is 2.19. The van der Waals surface area contributed by atoms with Gasteiger partial charge in [-0.1, -0.05) is 0 Å². The number of nitrogens with zero attached hydrogens (tertiary/aromatic N) is 2. The van der Waals surface area contributed by atoms with E-state index in [2.05, 4.69) is 23.4 Å². The van der Waals surface area contributed by atoms with Crippen LogP contribution < -0.4 is 0 Å². The molecule has 3 heterocycles. The largest absolute Gasteiger partial charge is 0.457 e. The van der Waals surface area contributed by atoms with Gasteiger partial charge in [0, 0.05) is 39.3 Å². The van der Waals surface area contributed by atoms with Crippen molar-refractivity contribution in [2.45, 2.75) is 40.2 Å². The maximum atomic E-state index is 12.5. The summed E-state index contributed by atoms with van der Waals surface area (Å²) < 4.78 is 7.30. The van der Waals surface area contributed by atoms with Gasteiger partial charge in [-0.15, -0.1) is 11.3 Å². The van der Waals surface area contributed by atoms with E-state index in [0.717, 1.165) is 22.0 Å². The van der Waals surface area contributed by atoms with Crippen LogP contribution in [0, 0.1) is 13.8 Å². The van der Waals surface area contributed by atoms with E-state index in [1.165, 1.54) is 11.3 Å². The number of carbonyl (C=O) groups excluding carboxylic acids is 2. The predicted molar refractivity (Wildman–Crippen MR) is 109 cm³/mol. The molecule has 0 aliphatic heterocycles. The minimum atomic E-state index is -0.441. The molecule has 0 saturated carbocycles. The molecule has 0 aliphatic carbocycles. The van der Waals surface area contributed by atoms with Gasteiger partial charge in [-0.3, -0.25) is 9.59 Å². The van der Waals surface area contributed by atoms with Gasteiger partial charge in [0.25, 0.3) is 0 Å². The number of aryl methyl sites for hydroxylation is 1. The monoisotopic (exact) mass is 402 g/mol. The quantitative estimate of drug-likeness (QED) is 0.419. The van der Waals surface area contributed by atoms with Crippen LogP contribution in [0.25, 0.3) is 10.6 Å². The summed E-state index contributed by atoms with van der Waals surface area (Å²) in [5.74, 6) is -0.622. The lowest BCUT2D eigenvalue weighted by Crippen LogP contribution is -2.16. The number of aromatic nitrogens is 2. The van der Waals surface area contributed by atoms with Crippen molar-refractivity contribution >= 4 is 34.4 Å². The Morgan fingerprint density at radius 3 is 2.67 bits per heavy atom. The van der Waals surface area contributed by atoms with Crippen LogP contribution in [0.4, 0.5) is 0 Å². The van der Waals surface area contributed by atoms with Gasteiger partial charge in [-0.25, -0.2) is 4.98 Å². The zero-order chi connectivity index (χ0) is 19.6. The minimum Gasteiger partial charge on any atom is -0.457 e. The molecule has 0 atom stereocenters. The second kappa shape index (κ2) is 8.19. The molecule has 7 heteroatoms. The number of rotatable bonds is 7. The lowest BCUT2D eigenvalue weighted by Gasteiger charge is -2.13. The van der Waals surface area contributed by atoms with Crippen LogP contribution in [0.3, 0.4) is 0 Å². The number of thiophene rings is 1. The second-order valence-corrected chi connectivity index (χ2v) is 8.30. The minimum absolute atomic E-state index is 0.0684.